The highest BCUT2D eigenvalue weighted by Gasteiger charge is 2.56. The Morgan fingerprint density at radius 1 is 0.431 bits per heavy atom. The van der Waals surface area contributed by atoms with E-state index >= 15 is 8.78 Å². The van der Waals surface area contributed by atoms with Gasteiger partial charge in [-0.2, -0.15) is 0 Å². The minimum absolute atomic E-state index is 0.0655. The number of sulfonamides is 5. The number of aryl methyl sites for hydroxylation is 2. The van der Waals surface area contributed by atoms with E-state index in [2.05, 4.69) is 92.2 Å². The summed E-state index contributed by atoms with van der Waals surface area (Å²) in [4.78, 5) is 20.9. The third-order valence-electron chi connectivity index (χ3n) is 23.9. The fourth-order valence-electron chi connectivity index (χ4n) is 15.4. The lowest BCUT2D eigenvalue weighted by Gasteiger charge is -2.20. The third-order valence-corrected chi connectivity index (χ3v) is 37.9. The van der Waals surface area contributed by atoms with Crippen LogP contribution in [0.3, 0.4) is 0 Å². The molecule has 5 saturated carbocycles. The number of pyridine rings is 5. The van der Waals surface area contributed by atoms with Gasteiger partial charge in [-0.15, -0.1) is 0 Å². The molecule has 0 aliphatic heterocycles. The molecule has 15 aromatic rings. The molecule has 20 rings (SSSR count). The first-order valence-corrected chi connectivity index (χ1v) is 55.8. The van der Waals surface area contributed by atoms with Crippen LogP contribution in [0.2, 0.25) is 10.0 Å². The number of nitrogens with zero attached hydrogens (tertiary/aromatic N) is 10. The summed E-state index contributed by atoms with van der Waals surface area (Å²) in [6.07, 6.45) is 25.4. The van der Waals surface area contributed by atoms with E-state index in [9.17, 15) is 74.3 Å². The van der Waals surface area contributed by atoms with E-state index in [1.54, 1.807) is 124 Å². The molecule has 10 aromatic heterocycles. The second-order valence-electron chi connectivity index (χ2n) is 33.6. The van der Waals surface area contributed by atoms with E-state index in [0.717, 1.165) is 31.1 Å². The van der Waals surface area contributed by atoms with Crippen LogP contribution in [0.25, 0.3) is 33.7 Å². The van der Waals surface area contributed by atoms with Gasteiger partial charge in [-0.25, -0.2) is 97.7 Å². The molecule has 0 bridgehead atoms. The zero-order chi connectivity index (χ0) is 97.9. The molecule has 7 N–H and O–H groups in total. The number of aliphatic hydroxyl groups excluding tert-OH is 2. The van der Waals surface area contributed by atoms with Gasteiger partial charge in [0.2, 0.25) is 55.7 Å². The number of benzene rings is 5. The number of aliphatic hydroxyl groups is 2. The molecule has 0 saturated heterocycles. The first-order valence-electron chi connectivity index (χ1n) is 42.3. The number of anilines is 5. The van der Waals surface area contributed by atoms with Crippen molar-refractivity contribution in [2.45, 2.75) is 148 Å². The molecule has 5 aliphatic rings. The Balaban J connectivity index is 0.000000124. The smallest absolute Gasteiger partial charge is 0.239 e. The van der Waals surface area contributed by atoms with Crippen molar-refractivity contribution in [3.8, 4) is 0 Å². The Bertz CT molecular complexity index is 7470. The number of aromatic nitrogens is 10. The van der Waals surface area contributed by atoms with Crippen molar-refractivity contribution in [2.24, 2.45) is 0 Å². The topological polar surface area (TPSA) is 379 Å². The Morgan fingerprint density at radius 2 is 0.759 bits per heavy atom. The average Bonchev–Trinajstić information content (AvgIpc) is 1.58. The lowest BCUT2D eigenvalue weighted by atomic mass is 10.00. The highest BCUT2D eigenvalue weighted by molar-refractivity contribution is 14.1. The summed E-state index contributed by atoms with van der Waals surface area (Å²) in [5.41, 5.74) is 7.43. The van der Waals surface area contributed by atoms with E-state index in [0.29, 0.717) is 136 Å². The summed E-state index contributed by atoms with van der Waals surface area (Å²) < 4.78 is 254. The van der Waals surface area contributed by atoms with Crippen molar-refractivity contribution in [3.63, 3.8) is 0 Å². The fourth-order valence-corrected chi connectivity index (χ4v) is 25.8. The van der Waals surface area contributed by atoms with Crippen LogP contribution >= 0.6 is 129 Å². The molecule has 10 heterocycles. The van der Waals surface area contributed by atoms with Crippen molar-refractivity contribution in [1.82, 2.24) is 47.7 Å². The van der Waals surface area contributed by atoms with Crippen LogP contribution in [0.4, 0.5) is 59.3 Å². The molecule has 722 valence electrons. The van der Waals surface area contributed by atoms with Gasteiger partial charge in [0.1, 0.15) is 51.8 Å². The Labute approximate surface area is 854 Å². The van der Waals surface area contributed by atoms with E-state index in [1.807, 2.05) is 80.8 Å². The minimum Gasteiger partial charge on any atom is -0.396 e. The molecular weight excluding hydrogens is 2450 g/mol. The molecule has 5 aromatic carbocycles. The number of hydrogen-bond donors (Lipinski definition) is 7. The van der Waals surface area contributed by atoms with Gasteiger partial charge in [0, 0.05) is 161 Å². The van der Waals surface area contributed by atoms with Crippen molar-refractivity contribution < 1.29 is 87.6 Å². The molecule has 0 radical (unpaired) electrons. The zero-order valence-electron chi connectivity index (χ0n) is 71.9. The van der Waals surface area contributed by atoms with Crippen molar-refractivity contribution >= 4 is 242 Å². The van der Waals surface area contributed by atoms with Gasteiger partial charge in [-0.05, 0) is 281 Å². The molecule has 0 spiro atoms. The maximum atomic E-state index is 15.3. The minimum atomic E-state index is -3.97. The summed E-state index contributed by atoms with van der Waals surface area (Å²) in [5.74, 6) is -3.83. The van der Waals surface area contributed by atoms with Crippen molar-refractivity contribution in [3.05, 3.63) is 302 Å². The molecule has 0 amide bonds. The Morgan fingerprint density at radius 3 is 1.15 bits per heavy atom. The lowest BCUT2D eigenvalue weighted by Crippen LogP contribution is -2.31. The summed E-state index contributed by atoms with van der Waals surface area (Å²) >= 11 is 24.3. The summed E-state index contributed by atoms with van der Waals surface area (Å²) in [6.45, 7) is 2.95. The quantitative estimate of drug-likeness (QED) is 0.0169. The average molecular weight is 2530 g/mol. The van der Waals surface area contributed by atoms with Crippen molar-refractivity contribution in [2.75, 3.05) is 36.8 Å². The first-order chi connectivity index (χ1) is 65.0. The van der Waals surface area contributed by atoms with Crippen LogP contribution in [-0.4, -0.2) is 138 Å². The molecule has 5 aliphatic carbocycles. The van der Waals surface area contributed by atoms with Crippen LogP contribution in [-0.2, 0) is 82.2 Å². The molecular formula is C90H81BrCl2F7I4N15O13S5. The van der Waals surface area contributed by atoms with Crippen LogP contribution in [0.1, 0.15) is 144 Å². The van der Waals surface area contributed by atoms with E-state index in [1.165, 1.54) is 59.4 Å². The lowest BCUT2D eigenvalue weighted by molar-refractivity contribution is 0.282. The number of hydrogen-bond acceptors (Lipinski definition) is 19. The normalized spacial score (nSPS) is 15.1. The number of rotatable bonds is 29. The molecule has 0 atom stereocenters. The number of fused-ring (bicyclic) bond motifs is 5. The van der Waals surface area contributed by atoms with Gasteiger partial charge in [0.05, 0.1) is 58.0 Å². The predicted octanol–water partition coefficient (Wildman–Crippen LogP) is 19.6. The SMILES string of the molecule is Cc1c(Cc2ccc(I)cc2F)c(NS(=O)(=O)C2CC2)cn2ccnc12.Cc1noc2c(F)c(Cc3ccc(Br)cc3F)c(NS(=O)(=O)C3(CCO)CC3)nc12.O=S(=O)(Nc1cn2ccnc2c(Cl)c1Cc1ccc(I)cc1F)C1(CCO)CC1.O=S(=O)(Nc1cn2ccnc2c(Cl)c1Cc1ccc(I)cc1F)C1CC1.O=S(=O)(Nc1cn2ccnc2c(F)c1Cc1ccc(I)cc1F)C1CC1. The van der Waals surface area contributed by atoms with Gasteiger partial charge < -0.3 is 32.3 Å². The van der Waals surface area contributed by atoms with Gasteiger partial charge >= 0.3 is 0 Å². The van der Waals surface area contributed by atoms with Crippen LogP contribution in [0.15, 0.2) is 174 Å². The second-order valence-corrected chi connectivity index (χ2v) is 50.3. The summed E-state index contributed by atoms with van der Waals surface area (Å²) in [5, 5.41) is 21.6. The number of imidazole rings is 4. The molecule has 28 nitrogen and oxygen atoms in total. The third kappa shape index (κ3) is 22.7. The molecule has 5 fully saturated rings. The summed E-state index contributed by atoms with van der Waals surface area (Å²) in [7, 11) is -18.2. The van der Waals surface area contributed by atoms with Gasteiger partial charge in [-0.1, -0.05) is 74.6 Å². The standard InChI is InChI=1S/C19H18BrF2N3O4S.C19H18ClFIN3O3S.C18H17FIN3O2S.C17H14ClFIN3O2S.C17H14F2IN3O2S/c1-10-16-17(29-24-10)15(22)13(8-11-2-3-12(20)9-14(11)21)18(23-16)25-30(27,28)19(4-5-19)6-7-26;20-17-14(9-12-1-2-13(22)10-15(12)21)16(11-25-7-6-23-18(17)25)24-29(27,28)19(3-4-19)5-8-26;1-11-15(8-12-2-3-13(20)9-16(12)19)17(10-23-7-6-21-18(11)23)22-26(24,25)14-4-5-14;18-16-13(7-10-1-2-11(20)8-14(10)19)15(9-23-6-5-21-17(16)23)22-26(24,25)12-3-4-12;18-14-8-11(20)2-1-10(14)7-13-15(22-26(24,25)12-3-4-12)9-23-6-5-21-17(23)16(13)19/h2-3,9,26H,4-8H2,1H3,(H,23,25);1-2,6-7,10-11,24,26H,3-5,8-9H2;2-3,6-7,9-10,14,22H,4-5,8H2,1H3;2*1-2,5-6,8-9,12,22H,3-4,7H2. The van der Waals surface area contributed by atoms with Gasteiger partial charge in [0.15, 0.2) is 28.6 Å². The molecule has 0 unspecified atom stereocenters. The number of halogens is 14. The largest absolute Gasteiger partial charge is 0.396 e. The second kappa shape index (κ2) is 40.9. The van der Waals surface area contributed by atoms with E-state index in [4.69, 9.17) is 27.7 Å². The van der Waals surface area contributed by atoms with E-state index < -0.39 is 88.1 Å². The van der Waals surface area contributed by atoms with Gasteiger partial charge in [0.25, 0.3) is 0 Å². The maximum absolute atomic E-state index is 15.3. The maximum Gasteiger partial charge on any atom is 0.239 e. The fraction of sp³-hybridized carbons (Fsp3) is 0.289. The van der Waals surface area contributed by atoms with Crippen LogP contribution < -0.4 is 23.6 Å². The zero-order valence-corrected chi connectivity index (χ0v) is 87.8. The van der Waals surface area contributed by atoms with Crippen LogP contribution in [0, 0.1) is 68.8 Å². The predicted molar refractivity (Wildman–Crippen MR) is 546 cm³/mol. The highest BCUT2D eigenvalue weighted by Crippen LogP contribution is 2.50. The van der Waals surface area contributed by atoms with E-state index in [-0.39, 0.29) is 141 Å². The van der Waals surface area contributed by atoms with Crippen molar-refractivity contribution in [1.29, 1.82) is 0 Å². The van der Waals surface area contributed by atoms with Crippen LogP contribution in [0.5, 0.6) is 0 Å². The highest BCUT2D eigenvalue weighted by atomic mass is 127. The Kier molecular flexibility index (Phi) is 30.3. The first kappa shape index (κ1) is 102. The molecule has 47 heteroatoms. The summed E-state index contributed by atoms with van der Waals surface area (Å²) in [6, 6.07) is 23.8. The van der Waals surface area contributed by atoms with Gasteiger partial charge in [-0.3, -0.25) is 23.6 Å². The molecule has 137 heavy (non-hydrogen) atoms. The number of nitrogens with one attached hydrogen (secondary N) is 5. The Hall–Kier alpha value is -8.36. The monoisotopic (exact) mass is 2530 g/mol.